The highest BCUT2D eigenvalue weighted by molar-refractivity contribution is 8.01. The van der Waals surface area contributed by atoms with Crippen molar-refractivity contribution in [2.75, 3.05) is 11.8 Å². The Labute approximate surface area is 136 Å². The first kappa shape index (κ1) is 17.0. The number of hydrogen-bond acceptors (Lipinski definition) is 7. The fourth-order valence-electron chi connectivity index (χ4n) is 1.53. The SMILES string of the molecule is COc1ccc(F)cc1S(=O)(=O)Nc1nnc(SC(C)C)s1. The minimum atomic E-state index is -4.01. The number of aromatic nitrogens is 2. The number of rotatable bonds is 6. The Hall–Kier alpha value is -1.39. The molecule has 0 amide bonds. The second kappa shape index (κ2) is 6.80. The van der Waals surface area contributed by atoms with Crippen molar-refractivity contribution in [1.29, 1.82) is 0 Å². The van der Waals surface area contributed by atoms with E-state index in [2.05, 4.69) is 14.9 Å². The van der Waals surface area contributed by atoms with Crippen molar-refractivity contribution in [1.82, 2.24) is 10.2 Å². The molecule has 0 saturated carbocycles. The van der Waals surface area contributed by atoms with Crippen LogP contribution in [0.4, 0.5) is 9.52 Å². The largest absolute Gasteiger partial charge is 0.495 e. The zero-order valence-electron chi connectivity index (χ0n) is 12.0. The number of nitrogens with zero attached hydrogens (tertiary/aromatic N) is 2. The molecule has 6 nitrogen and oxygen atoms in total. The highest BCUT2D eigenvalue weighted by Crippen LogP contribution is 2.31. The molecule has 0 aliphatic rings. The van der Waals surface area contributed by atoms with Crippen LogP contribution in [0.5, 0.6) is 5.75 Å². The molecule has 0 atom stereocenters. The third kappa shape index (κ3) is 4.08. The summed E-state index contributed by atoms with van der Waals surface area (Å²) >= 11 is 2.59. The number of anilines is 1. The van der Waals surface area contributed by atoms with Gasteiger partial charge in [-0.1, -0.05) is 36.9 Å². The molecular weight excluding hydrogens is 349 g/mol. The van der Waals surface area contributed by atoms with Gasteiger partial charge in [0.05, 0.1) is 7.11 Å². The van der Waals surface area contributed by atoms with Crippen molar-refractivity contribution in [3.05, 3.63) is 24.0 Å². The van der Waals surface area contributed by atoms with Gasteiger partial charge in [-0.25, -0.2) is 12.8 Å². The summed E-state index contributed by atoms with van der Waals surface area (Å²) < 4.78 is 45.9. The van der Waals surface area contributed by atoms with E-state index < -0.39 is 15.8 Å². The van der Waals surface area contributed by atoms with Gasteiger partial charge in [-0.3, -0.25) is 4.72 Å². The maximum absolute atomic E-state index is 13.3. The second-order valence-electron chi connectivity index (χ2n) is 4.44. The number of ether oxygens (including phenoxy) is 1. The van der Waals surface area contributed by atoms with Crippen molar-refractivity contribution in [2.45, 2.75) is 28.3 Å². The molecule has 0 fully saturated rings. The molecule has 0 aliphatic heterocycles. The van der Waals surface area contributed by atoms with E-state index in [-0.39, 0.29) is 15.8 Å². The average Bonchev–Trinajstić information content (AvgIpc) is 2.84. The molecule has 0 spiro atoms. The fraction of sp³-hybridized carbons (Fsp3) is 0.333. The van der Waals surface area contributed by atoms with Gasteiger partial charge in [0.1, 0.15) is 16.5 Å². The van der Waals surface area contributed by atoms with Crippen LogP contribution in [-0.4, -0.2) is 31.0 Å². The predicted octanol–water partition coefficient (Wildman–Crippen LogP) is 2.99. The highest BCUT2D eigenvalue weighted by Gasteiger charge is 2.22. The Balaban J connectivity index is 2.28. The van der Waals surface area contributed by atoms with E-state index in [1.807, 2.05) is 13.8 Å². The molecule has 0 radical (unpaired) electrons. The number of sulfonamides is 1. The monoisotopic (exact) mass is 363 g/mol. The zero-order chi connectivity index (χ0) is 16.3. The van der Waals surface area contributed by atoms with Crippen LogP contribution in [0.1, 0.15) is 13.8 Å². The molecule has 1 heterocycles. The van der Waals surface area contributed by atoms with Crippen molar-refractivity contribution in [3.8, 4) is 5.75 Å². The summed E-state index contributed by atoms with van der Waals surface area (Å²) in [5.74, 6) is -0.621. The van der Waals surface area contributed by atoms with Crippen LogP contribution < -0.4 is 9.46 Å². The first-order valence-corrected chi connectivity index (χ1v) is 9.36. The van der Waals surface area contributed by atoms with Crippen LogP contribution in [0.25, 0.3) is 0 Å². The minimum Gasteiger partial charge on any atom is -0.495 e. The summed E-state index contributed by atoms with van der Waals surface area (Å²) in [5.41, 5.74) is 0. The molecule has 1 N–H and O–H groups in total. The normalized spacial score (nSPS) is 11.7. The lowest BCUT2D eigenvalue weighted by molar-refractivity contribution is 0.401. The van der Waals surface area contributed by atoms with Gasteiger partial charge in [0.2, 0.25) is 5.13 Å². The highest BCUT2D eigenvalue weighted by atomic mass is 32.2. The van der Waals surface area contributed by atoms with Crippen LogP contribution in [-0.2, 0) is 10.0 Å². The standard InChI is InChI=1S/C12H14FN3O3S3/c1-7(2)20-12-15-14-11(21-12)16-22(17,18)10-6-8(13)4-5-9(10)19-3/h4-7H,1-3H3,(H,14,16). The van der Waals surface area contributed by atoms with Crippen LogP contribution in [0.15, 0.2) is 27.4 Å². The molecule has 0 unspecified atom stereocenters. The first-order valence-electron chi connectivity index (χ1n) is 6.18. The molecule has 0 bridgehead atoms. The van der Waals surface area contributed by atoms with Gasteiger partial charge in [0.25, 0.3) is 10.0 Å². The Morgan fingerprint density at radius 2 is 2.09 bits per heavy atom. The van der Waals surface area contributed by atoms with Crippen LogP contribution in [0.2, 0.25) is 0 Å². The Bertz CT molecular complexity index is 762. The smallest absolute Gasteiger partial charge is 0.267 e. The maximum atomic E-state index is 13.3. The summed E-state index contributed by atoms with van der Waals surface area (Å²) in [6.07, 6.45) is 0. The van der Waals surface area contributed by atoms with E-state index in [9.17, 15) is 12.8 Å². The number of thioether (sulfide) groups is 1. The summed E-state index contributed by atoms with van der Waals surface area (Å²) in [7, 11) is -2.70. The van der Waals surface area contributed by atoms with Crippen molar-refractivity contribution in [3.63, 3.8) is 0 Å². The van der Waals surface area contributed by atoms with E-state index in [4.69, 9.17) is 4.74 Å². The van der Waals surface area contributed by atoms with Gasteiger partial charge < -0.3 is 4.74 Å². The number of methoxy groups -OCH3 is 1. The third-order valence-electron chi connectivity index (χ3n) is 2.38. The predicted molar refractivity (Wildman–Crippen MR) is 84.7 cm³/mol. The first-order chi connectivity index (χ1) is 10.3. The van der Waals surface area contributed by atoms with Crippen molar-refractivity contribution in [2.24, 2.45) is 0 Å². The number of benzene rings is 1. The fourth-order valence-corrected chi connectivity index (χ4v) is 4.92. The molecular formula is C12H14FN3O3S3. The molecule has 1 aromatic heterocycles. The van der Waals surface area contributed by atoms with Gasteiger partial charge in [0, 0.05) is 5.25 Å². The molecule has 2 rings (SSSR count). The number of nitrogens with one attached hydrogen (secondary N) is 1. The third-order valence-corrected chi connectivity index (χ3v) is 5.80. The second-order valence-corrected chi connectivity index (χ2v) is 8.89. The van der Waals surface area contributed by atoms with Gasteiger partial charge in [-0.15, -0.1) is 10.2 Å². The summed E-state index contributed by atoms with van der Waals surface area (Å²) in [5, 5.41) is 8.10. The lowest BCUT2D eigenvalue weighted by atomic mass is 10.3. The summed E-state index contributed by atoms with van der Waals surface area (Å²) in [6.45, 7) is 3.99. The van der Waals surface area contributed by atoms with Crippen molar-refractivity contribution >= 4 is 38.3 Å². The lowest BCUT2D eigenvalue weighted by Gasteiger charge is -2.09. The topological polar surface area (TPSA) is 81.2 Å². The molecule has 120 valence electrons. The molecule has 10 heteroatoms. The van der Waals surface area contributed by atoms with E-state index in [1.165, 1.54) is 24.9 Å². The Morgan fingerprint density at radius 3 is 2.73 bits per heavy atom. The Morgan fingerprint density at radius 1 is 1.36 bits per heavy atom. The van der Waals surface area contributed by atoms with E-state index in [0.29, 0.717) is 9.59 Å². The number of halogens is 1. The van der Waals surface area contributed by atoms with Gasteiger partial charge >= 0.3 is 0 Å². The van der Waals surface area contributed by atoms with Gasteiger partial charge in [0.15, 0.2) is 4.34 Å². The zero-order valence-corrected chi connectivity index (χ0v) is 14.5. The van der Waals surface area contributed by atoms with E-state index >= 15 is 0 Å². The quantitative estimate of drug-likeness (QED) is 0.795. The summed E-state index contributed by atoms with van der Waals surface area (Å²) in [6, 6.07) is 3.27. The van der Waals surface area contributed by atoms with E-state index in [1.54, 1.807) is 0 Å². The Kier molecular flexibility index (Phi) is 5.24. The maximum Gasteiger partial charge on any atom is 0.267 e. The van der Waals surface area contributed by atoms with Gasteiger partial charge in [-0.05, 0) is 18.2 Å². The van der Waals surface area contributed by atoms with Crippen LogP contribution in [0, 0.1) is 5.82 Å². The van der Waals surface area contributed by atoms with Crippen LogP contribution in [0.3, 0.4) is 0 Å². The average molecular weight is 363 g/mol. The van der Waals surface area contributed by atoms with E-state index in [0.717, 1.165) is 23.5 Å². The number of hydrogen-bond donors (Lipinski definition) is 1. The van der Waals surface area contributed by atoms with Gasteiger partial charge in [-0.2, -0.15) is 0 Å². The molecule has 0 saturated heterocycles. The minimum absolute atomic E-state index is 0.0511. The van der Waals surface area contributed by atoms with Crippen molar-refractivity contribution < 1.29 is 17.5 Å². The molecule has 22 heavy (non-hydrogen) atoms. The lowest BCUT2D eigenvalue weighted by Crippen LogP contribution is -2.14. The molecule has 2 aromatic rings. The summed E-state index contributed by atoms with van der Waals surface area (Å²) in [4.78, 5) is -0.289. The molecule has 1 aromatic carbocycles. The van der Waals surface area contributed by atoms with Crippen LogP contribution >= 0.6 is 23.1 Å². The molecule has 0 aliphatic carbocycles.